The highest BCUT2D eigenvalue weighted by Crippen LogP contribution is 2.44. The van der Waals surface area contributed by atoms with Crippen LogP contribution >= 0.6 is 0 Å². The maximum atomic E-state index is 13.1. The summed E-state index contributed by atoms with van der Waals surface area (Å²) in [5.41, 5.74) is 6.08. The first-order valence-corrected chi connectivity index (χ1v) is 9.53. The number of hydrogen-bond acceptors (Lipinski definition) is 2. The number of aliphatic imine (C=N–C) groups is 1. The number of hydrogen-bond donors (Lipinski definition) is 0. The summed E-state index contributed by atoms with van der Waals surface area (Å²) in [6, 6.07) is 10.9. The molecule has 1 aliphatic heterocycles. The summed E-state index contributed by atoms with van der Waals surface area (Å²) in [5.74, 6) is 0.285. The first-order chi connectivity index (χ1) is 12.3. The number of nitrogens with zero attached hydrogens (tertiary/aromatic N) is 2. The van der Waals surface area contributed by atoms with E-state index >= 15 is 0 Å². The highest BCUT2D eigenvalue weighted by molar-refractivity contribution is 5.86. The van der Waals surface area contributed by atoms with Gasteiger partial charge in [0.2, 0.25) is 0 Å². The van der Waals surface area contributed by atoms with Crippen molar-refractivity contribution in [2.24, 2.45) is 4.99 Å². The third-order valence-electron chi connectivity index (χ3n) is 5.40. The first kappa shape index (κ1) is 18.6. The zero-order chi connectivity index (χ0) is 18.9. The lowest BCUT2D eigenvalue weighted by Gasteiger charge is -2.48. The molecule has 1 atom stereocenters. The fourth-order valence-corrected chi connectivity index (χ4v) is 4.11. The molecular weight excluding hydrogens is 323 g/mol. The van der Waals surface area contributed by atoms with Gasteiger partial charge in [0.1, 0.15) is 5.82 Å². The van der Waals surface area contributed by atoms with Crippen LogP contribution in [0.5, 0.6) is 0 Å². The molecule has 0 radical (unpaired) electrons. The zero-order valence-corrected chi connectivity index (χ0v) is 16.5. The van der Waals surface area contributed by atoms with E-state index in [9.17, 15) is 4.39 Å². The Balaban J connectivity index is 1.98. The third-order valence-corrected chi connectivity index (χ3v) is 5.40. The van der Waals surface area contributed by atoms with Gasteiger partial charge in [-0.1, -0.05) is 13.8 Å². The SMILES string of the molecule is CCCN1c2cc(C)c(C=Nc3ccc(F)cc3)cc2C(C)CC1(C)C. The lowest BCUT2D eigenvalue weighted by molar-refractivity contribution is 0.376. The van der Waals surface area contributed by atoms with Gasteiger partial charge in [0.05, 0.1) is 5.69 Å². The highest BCUT2D eigenvalue weighted by atomic mass is 19.1. The minimum absolute atomic E-state index is 0.179. The summed E-state index contributed by atoms with van der Waals surface area (Å²) in [5, 5.41) is 0. The Kier molecular flexibility index (Phi) is 5.17. The van der Waals surface area contributed by atoms with Gasteiger partial charge in [0.25, 0.3) is 0 Å². The molecule has 0 aromatic heterocycles. The zero-order valence-electron chi connectivity index (χ0n) is 16.5. The van der Waals surface area contributed by atoms with Crippen LogP contribution < -0.4 is 4.90 Å². The van der Waals surface area contributed by atoms with Gasteiger partial charge in [-0.05, 0) is 92.6 Å². The highest BCUT2D eigenvalue weighted by Gasteiger charge is 2.36. The molecule has 26 heavy (non-hydrogen) atoms. The van der Waals surface area contributed by atoms with E-state index in [1.807, 2.05) is 6.21 Å². The first-order valence-electron chi connectivity index (χ1n) is 9.53. The maximum Gasteiger partial charge on any atom is 0.123 e. The van der Waals surface area contributed by atoms with E-state index < -0.39 is 0 Å². The second kappa shape index (κ2) is 7.22. The van der Waals surface area contributed by atoms with Crippen LogP contribution in [0.15, 0.2) is 41.4 Å². The third kappa shape index (κ3) is 3.67. The fraction of sp³-hybridized carbons (Fsp3) is 0.435. The Labute approximate surface area is 156 Å². The van der Waals surface area contributed by atoms with Crippen molar-refractivity contribution in [2.45, 2.75) is 58.9 Å². The van der Waals surface area contributed by atoms with Gasteiger partial charge >= 0.3 is 0 Å². The molecule has 2 nitrogen and oxygen atoms in total. The van der Waals surface area contributed by atoms with Crippen molar-refractivity contribution in [3.05, 3.63) is 58.9 Å². The molecule has 1 aliphatic rings. The van der Waals surface area contributed by atoms with Gasteiger partial charge in [-0.25, -0.2) is 4.39 Å². The van der Waals surface area contributed by atoms with Crippen LogP contribution in [-0.4, -0.2) is 18.3 Å². The number of anilines is 1. The van der Waals surface area contributed by atoms with E-state index in [1.54, 1.807) is 12.1 Å². The van der Waals surface area contributed by atoms with Crippen molar-refractivity contribution in [3.8, 4) is 0 Å². The topological polar surface area (TPSA) is 15.6 Å². The van der Waals surface area contributed by atoms with Gasteiger partial charge in [-0.15, -0.1) is 0 Å². The molecule has 0 N–H and O–H groups in total. The molecule has 2 aromatic carbocycles. The van der Waals surface area contributed by atoms with Crippen molar-refractivity contribution in [2.75, 3.05) is 11.4 Å². The fourth-order valence-electron chi connectivity index (χ4n) is 4.11. The Bertz CT molecular complexity index is 806. The molecule has 0 saturated carbocycles. The molecule has 3 heteroatoms. The van der Waals surface area contributed by atoms with Gasteiger partial charge < -0.3 is 4.90 Å². The average Bonchev–Trinajstić information content (AvgIpc) is 2.58. The smallest absolute Gasteiger partial charge is 0.123 e. The van der Waals surface area contributed by atoms with E-state index in [-0.39, 0.29) is 11.4 Å². The number of halogens is 1. The van der Waals surface area contributed by atoms with Crippen LogP contribution in [0, 0.1) is 12.7 Å². The standard InChI is InChI=1S/C23H29FN2/c1-6-11-26-22-12-16(2)18(13-21(22)17(3)14-23(26,4)5)15-25-20-9-7-19(24)8-10-20/h7-10,12-13,15,17H,6,11,14H2,1-5H3. The molecule has 0 spiro atoms. The summed E-state index contributed by atoms with van der Waals surface area (Å²) < 4.78 is 13.1. The Morgan fingerprint density at radius 2 is 1.92 bits per heavy atom. The van der Waals surface area contributed by atoms with Crippen molar-refractivity contribution < 1.29 is 4.39 Å². The van der Waals surface area contributed by atoms with Crippen LogP contribution in [0.1, 0.15) is 63.1 Å². The Hall–Kier alpha value is -2.16. The van der Waals surface area contributed by atoms with Gasteiger partial charge in [0, 0.05) is 24.0 Å². The van der Waals surface area contributed by atoms with Crippen molar-refractivity contribution in [3.63, 3.8) is 0 Å². The van der Waals surface area contributed by atoms with Crippen LogP contribution in [0.25, 0.3) is 0 Å². The molecule has 0 bridgehead atoms. The van der Waals surface area contributed by atoms with E-state index in [0.717, 1.165) is 30.6 Å². The predicted molar refractivity (Wildman–Crippen MR) is 110 cm³/mol. The van der Waals surface area contributed by atoms with E-state index in [0.29, 0.717) is 5.92 Å². The molecule has 0 fully saturated rings. The number of aryl methyl sites for hydroxylation is 1. The molecule has 138 valence electrons. The average molecular weight is 352 g/mol. The molecule has 1 heterocycles. The second-order valence-corrected chi connectivity index (χ2v) is 8.07. The summed E-state index contributed by atoms with van der Waals surface area (Å²) in [6.07, 6.45) is 4.20. The van der Waals surface area contributed by atoms with Crippen LogP contribution in [0.4, 0.5) is 15.8 Å². The van der Waals surface area contributed by atoms with Crippen LogP contribution in [-0.2, 0) is 0 Å². The summed E-state index contributed by atoms with van der Waals surface area (Å²) >= 11 is 0. The molecule has 1 unspecified atom stereocenters. The molecule has 3 rings (SSSR count). The largest absolute Gasteiger partial charge is 0.366 e. The Morgan fingerprint density at radius 3 is 2.58 bits per heavy atom. The van der Waals surface area contributed by atoms with E-state index in [1.165, 1.54) is 28.9 Å². The lowest BCUT2D eigenvalue weighted by atomic mass is 9.79. The minimum Gasteiger partial charge on any atom is -0.366 e. The van der Waals surface area contributed by atoms with E-state index in [2.05, 4.69) is 56.6 Å². The van der Waals surface area contributed by atoms with Crippen LogP contribution in [0.2, 0.25) is 0 Å². The molecule has 0 aliphatic carbocycles. The molecular formula is C23H29FN2. The summed E-state index contributed by atoms with van der Waals surface area (Å²) in [6.45, 7) is 12.5. The number of rotatable bonds is 4. The van der Waals surface area contributed by atoms with Gasteiger partial charge in [-0.2, -0.15) is 0 Å². The van der Waals surface area contributed by atoms with Crippen molar-refractivity contribution >= 4 is 17.6 Å². The van der Waals surface area contributed by atoms with E-state index in [4.69, 9.17) is 0 Å². The Morgan fingerprint density at radius 1 is 1.23 bits per heavy atom. The van der Waals surface area contributed by atoms with Crippen molar-refractivity contribution in [1.29, 1.82) is 0 Å². The predicted octanol–water partition coefficient (Wildman–Crippen LogP) is 6.39. The van der Waals surface area contributed by atoms with Gasteiger partial charge in [-0.3, -0.25) is 4.99 Å². The van der Waals surface area contributed by atoms with Crippen molar-refractivity contribution in [1.82, 2.24) is 0 Å². The normalized spacial score (nSPS) is 19.0. The number of benzene rings is 2. The number of fused-ring (bicyclic) bond motifs is 1. The minimum atomic E-state index is -0.235. The monoisotopic (exact) mass is 352 g/mol. The maximum absolute atomic E-state index is 13.1. The second-order valence-electron chi connectivity index (χ2n) is 8.07. The van der Waals surface area contributed by atoms with Gasteiger partial charge in [0.15, 0.2) is 0 Å². The van der Waals surface area contributed by atoms with Crippen LogP contribution in [0.3, 0.4) is 0 Å². The molecule has 0 amide bonds. The lowest BCUT2D eigenvalue weighted by Crippen LogP contribution is -2.48. The summed E-state index contributed by atoms with van der Waals surface area (Å²) in [4.78, 5) is 7.10. The quantitative estimate of drug-likeness (QED) is 0.582. The molecule has 0 saturated heterocycles. The molecule has 2 aromatic rings. The summed E-state index contributed by atoms with van der Waals surface area (Å²) in [7, 11) is 0.